The van der Waals surface area contributed by atoms with Gasteiger partial charge in [-0.15, -0.1) is 18.3 Å². The zero-order valence-electron chi connectivity index (χ0n) is 11.7. The summed E-state index contributed by atoms with van der Waals surface area (Å²) >= 11 is 0. The van der Waals surface area contributed by atoms with Crippen LogP contribution in [0, 0.1) is 5.92 Å². The van der Waals surface area contributed by atoms with Crippen molar-refractivity contribution in [2.75, 3.05) is 26.4 Å². The molecule has 1 aliphatic rings. The first-order valence-electron chi connectivity index (χ1n) is 6.52. The molecular weight excluding hydrogens is 327 g/mol. The number of carbonyl (C=O) groups is 1. The van der Waals surface area contributed by atoms with Gasteiger partial charge in [0.1, 0.15) is 6.61 Å². The van der Waals surface area contributed by atoms with Crippen LogP contribution in [0.5, 0.6) is 6.08 Å². The van der Waals surface area contributed by atoms with Gasteiger partial charge in [0, 0.05) is 12.3 Å². The van der Waals surface area contributed by atoms with E-state index in [0.29, 0.717) is 0 Å². The number of hydrogen-bond acceptors (Lipinski definition) is 8. The van der Waals surface area contributed by atoms with Crippen LogP contribution in [-0.4, -0.2) is 48.9 Å². The predicted octanol–water partition coefficient (Wildman–Crippen LogP) is 0.522. The Hall–Kier alpha value is -1.92. The number of amides is 1. The highest BCUT2D eigenvalue weighted by Gasteiger charge is 2.30. The molecule has 1 aromatic rings. The van der Waals surface area contributed by atoms with Gasteiger partial charge in [-0.05, 0) is 0 Å². The van der Waals surface area contributed by atoms with Crippen molar-refractivity contribution in [2.45, 2.75) is 19.1 Å². The van der Waals surface area contributed by atoms with E-state index in [1.807, 2.05) is 0 Å². The van der Waals surface area contributed by atoms with Gasteiger partial charge >= 0.3 is 12.4 Å². The molecule has 0 bridgehead atoms. The lowest BCUT2D eigenvalue weighted by Gasteiger charge is -2.26. The fourth-order valence-corrected chi connectivity index (χ4v) is 1.75. The van der Waals surface area contributed by atoms with Gasteiger partial charge in [-0.1, -0.05) is 5.10 Å². The Bertz CT molecular complexity index is 515. The Balaban J connectivity index is 1.73. The van der Waals surface area contributed by atoms with Crippen molar-refractivity contribution < 1.29 is 41.3 Å². The van der Waals surface area contributed by atoms with Crippen molar-refractivity contribution in [3.63, 3.8) is 0 Å². The smallest absolute Gasteiger partial charge is 0.447 e. The Morgan fingerprint density at radius 3 is 2.57 bits per heavy atom. The van der Waals surface area contributed by atoms with Crippen LogP contribution >= 0.6 is 0 Å². The monoisotopic (exact) mass is 341 g/mol. The molecule has 0 spiro atoms. The number of ether oxygens (including phenoxy) is 4. The van der Waals surface area contributed by atoms with Gasteiger partial charge in [0.05, 0.1) is 19.8 Å². The molecule has 0 saturated carbocycles. The molecule has 1 saturated heterocycles. The SMILES string of the molecule is NC(=O)CC1COC(c2nnc(OCCOC(F)(F)F)o2)OC1. The lowest BCUT2D eigenvalue weighted by molar-refractivity contribution is -0.325. The third-order valence-electron chi connectivity index (χ3n) is 2.65. The molecule has 1 amide bonds. The molecule has 0 unspecified atom stereocenters. The number of hydrogen-bond donors (Lipinski definition) is 1. The van der Waals surface area contributed by atoms with E-state index in [9.17, 15) is 18.0 Å². The Kier molecular flexibility index (Phi) is 5.74. The molecule has 2 N–H and O–H groups in total. The lowest BCUT2D eigenvalue weighted by atomic mass is 10.1. The first-order chi connectivity index (χ1) is 10.8. The summed E-state index contributed by atoms with van der Waals surface area (Å²) in [5, 5.41) is 7.09. The summed E-state index contributed by atoms with van der Waals surface area (Å²) in [5.41, 5.74) is 5.07. The van der Waals surface area contributed by atoms with Gasteiger partial charge in [0.25, 0.3) is 5.89 Å². The first kappa shape index (κ1) is 17.4. The molecule has 1 aromatic heterocycles. The highest BCUT2D eigenvalue weighted by atomic mass is 19.4. The third-order valence-corrected chi connectivity index (χ3v) is 2.65. The molecule has 0 aliphatic carbocycles. The van der Waals surface area contributed by atoms with Crippen molar-refractivity contribution in [3.8, 4) is 6.08 Å². The molecule has 2 heterocycles. The van der Waals surface area contributed by atoms with Gasteiger partial charge < -0.3 is 24.4 Å². The normalized spacial score (nSPS) is 22.0. The molecule has 2 rings (SSSR count). The van der Waals surface area contributed by atoms with Gasteiger partial charge in [-0.25, -0.2) is 0 Å². The molecule has 0 atom stereocenters. The van der Waals surface area contributed by atoms with E-state index in [-0.39, 0.29) is 37.5 Å². The number of rotatable bonds is 7. The van der Waals surface area contributed by atoms with Crippen LogP contribution in [0.25, 0.3) is 0 Å². The van der Waals surface area contributed by atoms with E-state index < -0.39 is 31.8 Å². The Labute approximate surface area is 127 Å². The number of aromatic nitrogens is 2. The fraction of sp³-hybridized carbons (Fsp3) is 0.727. The maximum atomic E-state index is 11.7. The molecule has 23 heavy (non-hydrogen) atoms. The van der Waals surface area contributed by atoms with E-state index in [4.69, 9.17) is 24.4 Å². The van der Waals surface area contributed by atoms with Gasteiger partial charge in [-0.2, -0.15) is 0 Å². The summed E-state index contributed by atoms with van der Waals surface area (Å²) in [6, 6.07) is 0. The molecule has 130 valence electrons. The molecular formula is C11H14F3N3O6. The quantitative estimate of drug-likeness (QED) is 0.713. The summed E-state index contributed by atoms with van der Waals surface area (Å²) in [6.07, 6.45) is -5.87. The number of alkyl halides is 3. The van der Waals surface area contributed by atoms with Crippen LogP contribution in [0.2, 0.25) is 0 Å². The van der Waals surface area contributed by atoms with Crippen LogP contribution in [0.15, 0.2) is 4.42 Å². The van der Waals surface area contributed by atoms with Crippen molar-refractivity contribution in [1.29, 1.82) is 0 Å². The summed E-state index contributed by atoms with van der Waals surface area (Å²) in [6.45, 7) is -0.710. The molecule has 0 aromatic carbocycles. The molecule has 0 radical (unpaired) electrons. The summed E-state index contributed by atoms with van der Waals surface area (Å²) in [7, 11) is 0. The predicted molar refractivity (Wildman–Crippen MR) is 63.7 cm³/mol. The zero-order valence-corrected chi connectivity index (χ0v) is 11.7. The maximum absolute atomic E-state index is 11.7. The van der Waals surface area contributed by atoms with Crippen LogP contribution < -0.4 is 10.5 Å². The van der Waals surface area contributed by atoms with Gasteiger partial charge in [-0.3, -0.25) is 9.53 Å². The summed E-state index contributed by atoms with van der Waals surface area (Å²) in [4.78, 5) is 10.8. The Morgan fingerprint density at radius 2 is 1.96 bits per heavy atom. The van der Waals surface area contributed by atoms with E-state index in [1.165, 1.54) is 0 Å². The highest BCUT2D eigenvalue weighted by molar-refractivity contribution is 5.74. The van der Waals surface area contributed by atoms with Crippen LogP contribution in [-0.2, 0) is 19.0 Å². The minimum atomic E-state index is -4.73. The average molecular weight is 341 g/mol. The fourth-order valence-electron chi connectivity index (χ4n) is 1.75. The van der Waals surface area contributed by atoms with Gasteiger partial charge in [0.15, 0.2) is 0 Å². The second-order valence-electron chi connectivity index (χ2n) is 4.58. The first-order valence-corrected chi connectivity index (χ1v) is 6.52. The average Bonchev–Trinajstić information content (AvgIpc) is 2.92. The molecule has 12 heteroatoms. The number of primary amides is 1. The Morgan fingerprint density at radius 1 is 1.26 bits per heavy atom. The second kappa shape index (κ2) is 7.57. The van der Waals surface area contributed by atoms with E-state index in [0.717, 1.165) is 0 Å². The van der Waals surface area contributed by atoms with E-state index >= 15 is 0 Å². The highest BCUT2D eigenvalue weighted by Crippen LogP contribution is 2.26. The van der Waals surface area contributed by atoms with Crippen LogP contribution in [0.3, 0.4) is 0 Å². The molecule has 1 aliphatic heterocycles. The number of nitrogens with zero attached hydrogens (tertiary/aromatic N) is 2. The third kappa shape index (κ3) is 6.00. The summed E-state index contributed by atoms with van der Waals surface area (Å²) in [5.74, 6) is -0.675. The minimum absolute atomic E-state index is 0.0470. The van der Waals surface area contributed by atoms with Crippen LogP contribution in [0.4, 0.5) is 13.2 Å². The van der Waals surface area contributed by atoms with Gasteiger partial charge in [0.2, 0.25) is 12.2 Å². The zero-order chi connectivity index (χ0) is 16.9. The standard InChI is InChI=1S/C11H14F3N3O6/c12-11(13,14)22-2-1-19-10-17-16-8(23-10)9-20-4-6(5-21-9)3-7(15)18/h6,9H,1-5H2,(H2,15,18). The number of halogens is 3. The lowest BCUT2D eigenvalue weighted by Crippen LogP contribution is -2.30. The van der Waals surface area contributed by atoms with E-state index in [2.05, 4.69) is 14.9 Å². The number of nitrogens with two attached hydrogens (primary N) is 1. The second-order valence-corrected chi connectivity index (χ2v) is 4.58. The minimum Gasteiger partial charge on any atom is -0.447 e. The van der Waals surface area contributed by atoms with Crippen LogP contribution in [0.1, 0.15) is 18.6 Å². The number of carbonyl (C=O) groups excluding carboxylic acids is 1. The maximum Gasteiger partial charge on any atom is 0.522 e. The molecule has 1 fully saturated rings. The largest absolute Gasteiger partial charge is 0.522 e. The van der Waals surface area contributed by atoms with E-state index in [1.54, 1.807) is 0 Å². The van der Waals surface area contributed by atoms with Crippen molar-refractivity contribution in [1.82, 2.24) is 10.2 Å². The topological polar surface area (TPSA) is 119 Å². The van der Waals surface area contributed by atoms with Crippen molar-refractivity contribution in [2.24, 2.45) is 11.7 Å². The molecule has 9 nitrogen and oxygen atoms in total. The van der Waals surface area contributed by atoms with Crippen molar-refractivity contribution >= 4 is 5.91 Å². The van der Waals surface area contributed by atoms with Crippen molar-refractivity contribution in [3.05, 3.63) is 5.89 Å². The summed E-state index contributed by atoms with van der Waals surface area (Å²) < 4.78 is 59.2.